The van der Waals surface area contributed by atoms with Gasteiger partial charge in [-0.15, -0.1) is 0 Å². The van der Waals surface area contributed by atoms with E-state index in [-0.39, 0.29) is 0 Å². The van der Waals surface area contributed by atoms with Gasteiger partial charge in [-0.05, 0) is 6.07 Å². The molecule has 34 heavy (non-hydrogen) atoms. The maximum Gasteiger partial charge on any atom is 0.171 e. The Morgan fingerprint density at radius 3 is 1.50 bits per heavy atom. The minimum atomic E-state index is 0.476. The van der Waals surface area contributed by atoms with E-state index in [1.807, 2.05) is 12.1 Å². The fourth-order valence-corrected chi connectivity index (χ4v) is 5.16. The van der Waals surface area contributed by atoms with E-state index in [0.29, 0.717) is 66.7 Å². The highest BCUT2D eigenvalue weighted by molar-refractivity contribution is 6.24. The van der Waals surface area contributed by atoms with Crippen molar-refractivity contribution in [1.82, 2.24) is 9.97 Å². The number of benzene rings is 3. The highest BCUT2D eigenvalue weighted by atomic mass is 16.6. The van der Waals surface area contributed by atoms with Gasteiger partial charge in [-0.3, -0.25) is 0 Å². The number of rotatable bonds is 3. The van der Waals surface area contributed by atoms with Gasteiger partial charge >= 0.3 is 0 Å². The first-order chi connectivity index (χ1) is 16.7. The largest absolute Gasteiger partial charge is 0.494 e. The summed E-state index contributed by atoms with van der Waals surface area (Å²) >= 11 is 0. The van der Waals surface area contributed by atoms with Crippen molar-refractivity contribution in [2.75, 3.05) is 47.8 Å². The predicted molar refractivity (Wildman–Crippen MR) is 127 cm³/mol. The topological polar surface area (TPSA) is 96.2 Å². The highest BCUT2D eigenvalue weighted by Crippen LogP contribution is 2.52. The van der Waals surface area contributed by atoms with E-state index in [1.54, 1.807) is 21.3 Å². The minimum absolute atomic E-state index is 0.476. The van der Waals surface area contributed by atoms with Gasteiger partial charge in [-0.2, -0.15) is 0 Å². The summed E-state index contributed by atoms with van der Waals surface area (Å²) in [6.45, 7) is 1.93. The molecule has 9 heteroatoms. The van der Waals surface area contributed by atoms with Crippen LogP contribution in [0.15, 0.2) is 18.2 Å². The van der Waals surface area contributed by atoms with Crippen molar-refractivity contribution in [3.8, 4) is 40.2 Å². The van der Waals surface area contributed by atoms with Crippen LogP contribution in [-0.2, 0) is 0 Å². The Bertz CT molecular complexity index is 1520. The van der Waals surface area contributed by atoms with Gasteiger partial charge in [0.1, 0.15) is 37.9 Å². The summed E-state index contributed by atoms with van der Waals surface area (Å²) in [7, 11) is 4.94. The molecule has 3 aromatic carbocycles. The van der Waals surface area contributed by atoms with Crippen molar-refractivity contribution < 1.29 is 33.2 Å². The molecule has 174 valence electrons. The molecule has 0 atom stereocenters. The highest BCUT2D eigenvalue weighted by Gasteiger charge is 2.28. The Kier molecular flexibility index (Phi) is 3.94. The van der Waals surface area contributed by atoms with E-state index in [4.69, 9.17) is 33.2 Å². The van der Waals surface area contributed by atoms with E-state index >= 15 is 0 Å². The van der Waals surface area contributed by atoms with Crippen molar-refractivity contribution in [3.63, 3.8) is 0 Å². The predicted octanol–water partition coefficient (Wildman–Crippen LogP) is 4.52. The standard InChI is InChI=1S/C25H22N2O7/c1-28-13-9-15-23(33-6-4-31-15)17-11-8-12-18-22(14(29-2)10-16-24(18)34-7-5-32-16)27-20(12)25(30-3)19(11)26-21(13)17/h8-10,26-27H,4-7H2,1-3H3. The van der Waals surface area contributed by atoms with Crippen LogP contribution in [0, 0.1) is 0 Å². The first kappa shape index (κ1) is 19.3. The smallest absolute Gasteiger partial charge is 0.171 e. The maximum atomic E-state index is 6.07. The second-order valence-electron chi connectivity index (χ2n) is 8.21. The first-order valence-corrected chi connectivity index (χ1v) is 11.0. The quantitative estimate of drug-likeness (QED) is 0.407. The van der Waals surface area contributed by atoms with Gasteiger partial charge in [0.2, 0.25) is 0 Å². The Balaban J connectivity index is 1.69. The number of nitrogens with one attached hydrogen (secondary N) is 2. The Labute approximate surface area is 193 Å². The molecule has 2 aromatic heterocycles. The normalized spacial score (nSPS) is 14.8. The molecule has 0 amide bonds. The van der Waals surface area contributed by atoms with Crippen LogP contribution in [0.3, 0.4) is 0 Å². The third-order valence-corrected chi connectivity index (χ3v) is 6.56. The van der Waals surface area contributed by atoms with Crippen molar-refractivity contribution in [2.24, 2.45) is 0 Å². The molecule has 0 fully saturated rings. The van der Waals surface area contributed by atoms with Crippen molar-refractivity contribution in [3.05, 3.63) is 18.2 Å². The maximum absolute atomic E-state index is 6.07. The number of hydrogen-bond acceptors (Lipinski definition) is 7. The number of ether oxygens (including phenoxy) is 7. The van der Waals surface area contributed by atoms with Crippen LogP contribution in [0.25, 0.3) is 43.6 Å². The van der Waals surface area contributed by atoms with Crippen molar-refractivity contribution in [2.45, 2.75) is 0 Å². The van der Waals surface area contributed by atoms with Gasteiger partial charge < -0.3 is 43.1 Å². The molecule has 0 saturated heterocycles. The Morgan fingerprint density at radius 1 is 0.588 bits per heavy atom. The minimum Gasteiger partial charge on any atom is -0.494 e. The molecule has 2 aliphatic heterocycles. The molecule has 4 heterocycles. The first-order valence-electron chi connectivity index (χ1n) is 11.0. The fraction of sp³-hybridized carbons (Fsp3) is 0.280. The molecule has 0 saturated carbocycles. The summed E-state index contributed by atoms with van der Waals surface area (Å²) in [5.41, 5.74) is 3.28. The van der Waals surface area contributed by atoms with Crippen LogP contribution in [0.5, 0.6) is 40.2 Å². The zero-order valence-electron chi connectivity index (χ0n) is 18.9. The number of aromatic amines is 2. The van der Waals surface area contributed by atoms with Gasteiger partial charge in [0.05, 0.1) is 54.2 Å². The van der Waals surface area contributed by atoms with E-state index < -0.39 is 0 Å². The average Bonchev–Trinajstić information content (AvgIpc) is 3.45. The molecule has 5 aromatic rings. The summed E-state index contributed by atoms with van der Waals surface area (Å²) in [5.74, 6) is 4.70. The van der Waals surface area contributed by atoms with Gasteiger partial charge in [-0.25, -0.2) is 0 Å². The van der Waals surface area contributed by atoms with Gasteiger partial charge in [0.25, 0.3) is 0 Å². The molecule has 7 rings (SSSR count). The number of hydrogen-bond donors (Lipinski definition) is 2. The number of methoxy groups -OCH3 is 3. The third kappa shape index (κ3) is 2.38. The van der Waals surface area contributed by atoms with E-state index in [0.717, 1.165) is 43.6 Å². The van der Waals surface area contributed by atoms with Gasteiger partial charge in [-0.1, -0.05) is 0 Å². The summed E-state index contributed by atoms with van der Waals surface area (Å²) in [6.07, 6.45) is 0. The van der Waals surface area contributed by atoms with Crippen LogP contribution in [0.2, 0.25) is 0 Å². The lowest BCUT2D eigenvalue weighted by Crippen LogP contribution is -2.15. The molecule has 0 radical (unpaired) electrons. The third-order valence-electron chi connectivity index (χ3n) is 6.56. The van der Waals surface area contributed by atoms with Gasteiger partial charge in [0.15, 0.2) is 28.7 Å². The fourth-order valence-electron chi connectivity index (χ4n) is 5.16. The van der Waals surface area contributed by atoms with Crippen LogP contribution in [0.1, 0.15) is 0 Å². The van der Waals surface area contributed by atoms with Crippen LogP contribution < -0.4 is 33.2 Å². The summed E-state index contributed by atoms with van der Waals surface area (Å²) in [5, 5.41) is 3.61. The Hall–Kier alpha value is -4.14. The van der Waals surface area contributed by atoms with Crippen molar-refractivity contribution in [1.29, 1.82) is 0 Å². The van der Waals surface area contributed by atoms with E-state index in [9.17, 15) is 0 Å². The van der Waals surface area contributed by atoms with Crippen LogP contribution in [0.4, 0.5) is 0 Å². The molecule has 9 nitrogen and oxygen atoms in total. The molecule has 2 aliphatic rings. The number of fused-ring (bicyclic) bond motifs is 10. The Morgan fingerprint density at radius 2 is 1.06 bits per heavy atom. The zero-order chi connectivity index (χ0) is 23.0. The SMILES string of the molecule is COc1c2[nH]c3c(OC)cc4c(c3c2cc2c1[nH]c1c(OC)cc3c(c12)OCCO3)OCCO4. The lowest BCUT2D eigenvalue weighted by molar-refractivity contribution is 0.173. The van der Waals surface area contributed by atoms with Gasteiger partial charge in [0, 0.05) is 22.9 Å². The second-order valence-corrected chi connectivity index (χ2v) is 8.21. The molecular formula is C25H22N2O7. The molecule has 0 aliphatic carbocycles. The number of H-pyrrole nitrogens is 2. The van der Waals surface area contributed by atoms with E-state index in [1.165, 1.54) is 0 Å². The lowest BCUT2D eigenvalue weighted by atomic mass is 10.0. The zero-order valence-corrected chi connectivity index (χ0v) is 18.9. The average molecular weight is 462 g/mol. The summed E-state index contributed by atoms with van der Waals surface area (Å²) in [4.78, 5) is 7.00. The molecule has 0 unspecified atom stereocenters. The van der Waals surface area contributed by atoms with Crippen molar-refractivity contribution >= 4 is 43.6 Å². The van der Waals surface area contributed by atoms with E-state index in [2.05, 4.69) is 16.0 Å². The molecule has 2 N–H and O–H groups in total. The lowest BCUT2D eigenvalue weighted by Gasteiger charge is -2.20. The van der Waals surface area contributed by atoms with Crippen LogP contribution >= 0.6 is 0 Å². The molecule has 0 spiro atoms. The molecular weight excluding hydrogens is 440 g/mol. The molecule has 0 bridgehead atoms. The second kappa shape index (κ2) is 6.93. The summed E-state index contributed by atoms with van der Waals surface area (Å²) in [6, 6.07) is 5.82. The summed E-state index contributed by atoms with van der Waals surface area (Å²) < 4.78 is 41.2. The van der Waals surface area contributed by atoms with Crippen LogP contribution in [-0.4, -0.2) is 57.7 Å². The number of aromatic nitrogens is 2. The monoisotopic (exact) mass is 462 g/mol.